The largest absolute Gasteiger partial charge is 0.486 e. The maximum Gasteiger partial charge on any atom is 0.161 e. The lowest BCUT2D eigenvalue weighted by Gasteiger charge is -2.19. The van der Waals surface area contributed by atoms with Gasteiger partial charge in [-0.1, -0.05) is 39.7 Å². The Morgan fingerprint density at radius 2 is 1.79 bits per heavy atom. The monoisotopic (exact) mass is 318 g/mol. The number of rotatable bonds is 2. The summed E-state index contributed by atoms with van der Waals surface area (Å²) in [6.07, 6.45) is 0.888. The van der Waals surface area contributed by atoms with Gasteiger partial charge in [-0.2, -0.15) is 0 Å². The van der Waals surface area contributed by atoms with Crippen molar-refractivity contribution in [3.63, 3.8) is 0 Å². The van der Waals surface area contributed by atoms with E-state index < -0.39 is 0 Å². The van der Waals surface area contributed by atoms with E-state index in [1.54, 1.807) is 0 Å². The highest BCUT2D eigenvalue weighted by atomic mass is 79.9. The van der Waals surface area contributed by atoms with Gasteiger partial charge >= 0.3 is 0 Å². The molecule has 3 heteroatoms. The van der Waals surface area contributed by atoms with Crippen molar-refractivity contribution in [2.75, 3.05) is 13.2 Å². The van der Waals surface area contributed by atoms with Crippen LogP contribution in [0.3, 0.4) is 0 Å². The van der Waals surface area contributed by atoms with Crippen LogP contribution in [-0.2, 0) is 6.42 Å². The lowest BCUT2D eigenvalue weighted by atomic mass is 10.0. The van der Waals surface area contributed by atoms with Crippen molar-refractivity contribution in [2.45, 2.75) is 13.3 Å². The van der Waals surface area contributed by atoms with Crippen LogP contribution >= 0.6 is 15.9 Å². The van der Waals surface area contributed by atoms with Crippen molar-refractivity contribution >= 4 is 15.9 Å². The van der Waals surface area contributed by atoms with Crippen LogP contribution in [0.4, 0.5) is 0 Å². The third kappa shape index (κ3) is 2.76. The molecule has 0 saturated heterocycles. The zero-order valence-corrected chi connectivity index (χ0v) is 12.4. The van der Waals surface area contributed by atoms with E-state index in [1.165, 1.54) is 16.7 Å². The predicted molar refractivity (Wildman–Crippen MR) is 79.1 cm³/mol. The van der Waals surface area contributed by atoms with Gasteiger partial charge in [-0.05, 0) is 42.7 Å². The first-order chi connectivity index (χ1) is 9.22. The van der Waals surface area contributed by atoms with E-state index in [1.807, 2.05) is 6.07 Å². The van der Waals surface area contributed by atoms with Crippen molar-refractivity contribution in [3.8, 4) is 11.5 Å². The molecule has 0 saturated carbocycles. The number of hydrogen-bond donors (Lipinski definition) is 0. The fraction of sp³-hybridized carbons (Fsp3) is 0.250. The number of fused-ring (bicyclic) bond motifs is 1. The minimum Gasteiger partial charge on any atom is -0.486 e. The van der Waals surface area contributed by atoms with Gasteiger partial charge < -0.3 is 9.47 Å². The Labute approximate surface area is 121 Å². The normalized spacial score (nSPS) is 13.4. The van der Waals surface area contributed by atoms with Crippen molar-refractivity contribution in [1.82, 2.24) is 0 Å². The van der Waals surface area contributed by atoms with Crippen LogP contribution in [0.5, 0.6) is 11.5 Å². The molecule has 0 radical (unpaired) electrons. The molecule has 1 heterocycles. The van der Waals surface area contributed by atoms with Crippen molar-refractivity contribution in [1.29, 1.82) is 0 Å². The van der Waals surface area contributed by atoms with Gasteiger partial charge in [0.2, 0.25) is 0 Å². The molecule has 2 aromatic carbocycles. The number of benzene rings is 2. The molecule has 0 atom stereocenters. The van der Waals surface area contributed by atoms with Gasteiger partial charge in [0.05, 0.1) is 0 Å². The molecule has 3 rings (SSSR count). The Morgan fingerprint density at radius 3 is 2.63 bits per heavy atom. The van der Waals surface area contributed by atoms with E-state index in [2.05, 4.69) is 53.2 Å². The maximum atomic E-state index is 5.62. The third-order valence-corrected chi connectivity index (χ3v) is 3.98. The molecule has 0 unspecified atom stereocenters. The fourth-order valence-electron chi connectivity index (χ4n) is 2.26. The summed E-state index contributed by atoms with van der Waals surface area (Å²) >= 11 is 3.61. The summed E-state index contributed by atoms with van der Waals surface area (Å²) in [4.78, 5) is 0. The molecule has 1 aliphatic rings. The quantitative estimate of drug-likeness (QED) is 0.829. The minimum absolute atomic E-state index is 0.630. The molecule has 0 amide bonds. The smallest absolute Gasteiger partial charge is 0.161 e. The van der Waals surface area contributed by atoms with Crippen LogP contribution in [0.15, 0.2) is 40.9 Å². The van der Waals surface area contributed by atoms with Crippen LogP contribution in [-0.4, -0.2) is 13.2 Å². The predicted octanol–water partition coefficient (Wildman–Crippen LogP) is 4.12. The molecule has 2 nitrogen and oxygen atoms in total. The number of aryl methyl sites for hydroxylation is 1. The van der Waals surface area contributed by atoms with Gasteiger partial charge in [-0.3, -0.25) is 0 Å². The van der Waals surface area contributed by atoms with E-state index in [0.29, 0.717) is 13.2 Å². The topological polar surface area (TPSA) is 18.5 Å². The average Bonchev–Trinajstić information content (AvgIpc) is 2.43. The molecule has 1 aliphatic heterocycles. The summed E-state index contributed by atoms with van der Waals surface area (Å²) in [5.41, 5.74) is 3.79. The second kappa shape index (κ2) is 5.25. The van der Waals surface area contributed by atoms with Crippen LogP contribution in [0.2, 0.25) is 0 Å². The molecule has 0 spiro atoms. The summed E-state index contributed by atoms with van der Waals surface area (Å²) in [6, 6.07) is 12.6. The van der Waals surface area contributed by atoms with E-state index >= 15 is 0 Å². The van der Waals surface area contributed by atoms with Crippen LogP contribution in [0.1, 0.15) is 16.7 Å². The van der Waals surface area contributed by atoms with Gasteiger partial charge in [0.15, 0.2) is 11.5 Å². The summed E-state index contributed by atoms with van der Waals surface area (Å²) in [6.45, 7) is 3.38. The first kappa shape index (κ1) is 12.5. The lowest BCUT2D eigenvalue weighted by molar-refractivity contribution is 0.171. The highest BCUT2D eigenvalue weighted by Crippen LogP contribution is 2.32. The van der Waals surface area contributed by atoms with E-state index in [-0.39, 0.29) is 0 Å². The van der Waals surface area contributed by atoms with E-state index in [0.717, 1.165) is 22.4 Å². The first-order valence-electron chi connectivity index (χ1n) is 6.36. The average molecular weight is 319 g/mol. The molecule has 0 fully saturated rings. The standard InChI is InChI=1S/C16H15BrO2/c1-11-2-4-14(17)13(8-11)9-12-3-5-15-16(10-12)19-7-6-18-15/h2-5,8,10H,6-7,9H2,1H3. The Morgan fingerprint density at radius 1 is 1.00 bits per heavy atom. The Bertz CT molecular complexity index is 608. The fourth-order valence-corrected chi connectivity index (χ4v) is 2.64. The van der Waals surface area contributed by atoms with E-state index in [9.17, 15) is 0 Å². The highest BCUT2D eigenvalue weighted by Gasteiger charge is 2.12. The number of hydrogen-bond acceptors (Lipinski definition) is 2. The SMILES string of the molecule is Cc1ccc(Br)c(Cc2ccc3c(c2)OCCO3)c1. The van der Waals surface area contributed by atoms with Crippen molar-refractivity contribution in [3.05, 3.63) is 57.6 Å². The van der Waals surface area contributed by atoms with Crippen molar-refractivity contribution < 1.29 is 9.47 Å². The summed E-state index contributed by atoms with van der Waals surface area (Å²) in [5.74, 6) is 1.70. The summed E-state index contributed by atoms with van der Waals surface area (Å²) in [7, 11) is 0. The zero-order valence-electron chi connectivity index (χ0n) is 10.8. The number of halogens is 1. The summed E-state index contributed by atoms with van der Waals surface area (Å²) < 4.78 is 12.3. The molecule has 2 aromatic rings. The van der Waals surface area contributed by atoms with Crippen LogP contribution in [0, 0.1) is 6.92 Å². The molecule has 98 valence electrons. The molecule has 0 aliphatic carbocycles. The Hall–Kier alpha value is -1.48. The van der Waals surface area contributed by atoms with Crippen LogP contribution < -0.4 is 9.47 Å². The Kier molecular flexibility index (Phi) is 3.47. The van der Waals surface area contributed by atoms with Gasteiger partial charge in [0.1, 0.15) is 13.2 Å². The zero-order chi connectivity index (χ0) is 13.2. The maximum absolute atomic E-state index is 5.62. The Balaban J connectivity index is 1.89. The van der Waals surface area contributed by atoms with E-state index in [4.69, 9.17) is 9.47 Å². The number of ether oxygens (including phenoxy) is 2. The molecular weight excluding hydrogens is 304 g/mol. The van der Waals surface area contributed by atoms with Gasteiger partial charge in [-0.25, -0.2) is 0 Å². The second-order valence-corrected chi connectivity index (χ2v) is 5.60. The van der Waals surface area contributed by atoms with Gasteiger partial charge in [0, 0.05) is 4.47 Å². The molecular formula is C16H15BrO2. The van der Waals surface area contributed by atoms with Gasteiger partial charge in [0.25, 0.3) is 0 Å². The second-order valence-electron chi connectivity index (χ2n) is 4.75. The highest BCUT2D eigenvalue weighted by molar-refractivity contribution is 9.10. The molecule has 0 aromatic heterocycles. The summed E-state index contributed by atoms with van der Waals surface area (Å²) in [5, 5.41) is 0. The molecule has 0 N–H and O–H groups in total. The van der Waals surface area contributed by atoms with Crippen molar-refractivity contribution in [2.24, 2.45) is 0 Å². The molecule has 0 bridgehead atoms. The first-order valence-corrected chi connectivity index (χ1v) is 7.15. The third-order valence-electron chi connectivity index (χ3n) is 3.20. The minimum atomic E-state index is 0.630. The van der Waals surface area contributed by atoms with Gasteiger partial charge in [-0.15, -0.1) is 0 Å². The lowest BCUT2D eigenvalue weighted by Crippen LogP contribution is -2.15. The van der Waals surface area contributed by atoms with Crippen LogP contribution in [0.25, 0.3) is 0 Å². The molecule has 19 heavy (non-hydrogen) atoms.